The first kappa shape index (κ1) is 18.2. The van der Waals surface area contributed by atoms with Crippen molar-refractivity contribution in [2.24, 2.45) is 5.73 Å². The lowest BCUT2D eigenvalue weighted by Gasteiger charge is -2.22. The average Bonchev–Trinajstić information content (AvgIpc) is 2.42. The third kappa shape index (κ3) is 5.85. The molecule has 0 spiro atoms. The number of rotatable bonds is 6. The van der Waals surface area contributed by atoms with E-state index in [0.717, 1.165) is 5.56 Å². The van der Waals surface area contributed by atoms with Crippen molar-refractivity contribution in [1.29, 1.82) is 0 Å². The summed E-state index contributed by atoms with van der Waals surface area (Å²) in [7, 11) is 0. The second-order valence-corrected chi connectivity index (χ2v) is 6.51. The van der Waals surface area contributed by atoms with E-state index in [-0.39, 0.29) is 12.3 Å². The smallest absolute Gasteiger partial charge is 0.328 e. The summed E-state index contributed by atoms with van der Waals surface area (Å²) in [5.74, 6) is -1.11. The van der Waals surface area contributed by atoms with Crippen LogP contribution in [-0.2, 0) is 14.3 Å². The minimum Gasteiger partial charge on any atom is -0.481 e. The molecule has 3 N–H and O–H groups in total. The van der Waals surface area contributed by atoms with Crippen LogP contribution in [0, 0.1) is 0 Å². The molecule has 122 valence electrons. The molecule has 1 aromatic carbocycles. The van der Waals surface area contributed by atoms with Gasteiger partial charge in [-0.25, -0.2) is 4.79 Å². The maximum absolute atomic E-state index is 11.9. The van der Waals surface area contributed by atoms with Crippen LogP contribution in [0.15, 0.2) is 24.3 Å². The molecule has 22 heavy (non-hydrogen) atoms. The highest BCUT2D eigenvalue weighted by Crippen LogP contribution is 2.23. The Balaban J connectivity index is 2.71. The van der Waals surface area contributed by atoms with Gasteiger partial charge in [0, 0.05) is 6.42 Å². The SMILES string of the molecule is CC(CCC(=O)O)c1ccc(C(N)C(=O)OC(C)(C)C)cc1. The Morgan fingerprint density at radius 2 is 1.68 bits per heavy atom. The standard InChI is InChI=1S/C17H25NO4/c1-11(5-10-14(19)20)12-6-8-13(9-7-12)15(18)16(21)22-17(2,3)4/h6-9,11,15H,5,10,18H2,1-4H3,(H,19,20). The zero-order valence-corrected chi connectivity index (χ0v) is 13.6. The molecule has 0 aliphatic carbocycles. The van der Waals surface area contributed by atoms with Gasteiger partial charge in [-0.1, -0.05) is 31.2 Å². The predicted octanol–water partition coefficient (Wildman–Crippen LogP) is 3.00. The van der Waals surface area contributed by atoms with Crippen molar-refractivity contribution in [3.8, 4) is 0 Å². The van der Waals surface area contributed by atoms with Crippen LogP contribution in [0.1, 0.15) is 63.6 Å². The number of hydrogen-bond donors (Lipinski definition) is 2. The summed E-state index contributed by atoms with van der Waals surface area (Å²) >= 11 is 0. The lowest BCUT2D eigenvalue weighted by molar-refractivity contribution is -0.156. The first-order valence-electron chi connectivity index (χ1n) is 7.40. The normalized spacial score (nSPS) is 14.2. The number of aliphatic carboxylic acids is 1. The fourth-order valence-corrected chi connectivity index (χ4v) is 2.04. The zero-order valence-electron chi connectivity index (χ0n) is 13.6. The monoisotopic (exact) mass is 307 g/mol. The minimum atomic E-state index is -0.817. The second-order valence-electron chi connectivity index (χ2n) is 6.51. The van der Waals surface area contributed by atoms with Crippen LogP contribution in [0.2, 0.25) is 0 Å². The lowest BCUT2D eigenvalue weighted by Crippen LogP contribution is -2.31. The number of esters is 1. The van der Waals surface area contributed by atoms with Gasteiger partial charge in [0.2, 0.25) is 0 Å². The fraction of sp³-hybridized carbons (Fsp3) is 0.529. The topological polar surface area (TPSA) is 89.6 Å². The van der Waals surface area contributed by atoms with Crippen molar-refractivity contribution in [2.45, 2.75) is 58.1 Å². The summed E-state index contributed by atoms with van der Waals surface area (Å²) in [5, 5.41) is 8.71. The molecule has 2 atom stereocenters. The summed E-state index contributed by atoms with van der Waals surface area (Å²) in [4.78, 5) is 22.5. The maximum atomic E-state index is 11.9. The number of carbonyl (C=O) groups excluding carboxylic acids is 1. The van der Waals surface area contributed by atoms with E-state index in [4.69, 9.17) is 15.6 Å². The molecule has 0 saturated heterocycles. The molecule has 0 radical (unpaired) electrons. The van der Waals surface area contributed by atoms with Crippen molar-refractivity contribution >= 4 is 11.9 Å². The van der Waals surface area contributed by atoms with Crippen molar-refractivity contribution in [3.63, 3.8) is 0 Å². The van der Waals surface area contributed by atoms with E-state index in [2.05, 4.69) is 0 Å². The summed E-state index contributed by atoms with van der Waals surface area (Å²) in [5.41, 5.74) is 7.06. The summed E-state index contributed by atoms with van der Waals surface area (Å²) < 4.78 is 5.27. The minimum absolute atomic E-state index is 0.139. The third-order valence-electron chi connectivity index (χ3n) is 3.32. The van der Waals surface area contributed by atoms with Crippen molar-refractivity contribution in [2.75, 3.05) is 0 Å². The Morgan fingerprint density at radius 3 is 2.14 bits per heavy atom. The highest BCUT2D eigenvalue weighted by molar-refractivity contribution is 5.77. The van der Waals surface area contributed by atoms with Crippen LogP contribution in [0.5, 0.6) is 0 Å². The molecule has 1 aromatic rings. The Bertz CT molecular complexity index is 516. The molecule has 0 fully saturated rings. The van der Waals surface area contributed by atoms with E-state index in [0.29, 0.717) is 12.0 Å². The quantitative estimate of drug-likeness (QED) is 0.789. The summed E-state index contributed by atoms with van der Waals surface area (Å²) in [6.07, 6.45) is 0.715. The van der Waals surface area contributed by atoms with Gasteiger partial charge in [0.25, 0.3) is 0 Å². The predicted molar refractivity (Wildman–Crippen MR) is 84.5 cm³/mol. The Kier molecular flexibility index (Phi) is 6.11. The number of hydrogen-bond acceptors (Lipinski definition) is 4. The van der Waals surface area contributed by atoms with Crippen molar-refractivity contribution in [3.05, 3.63) is 35.4 Å². The van der Waals surface area contributed by atoms with Crippen LogP contribution >= 0.6 is 0 Å². The van der Waals surface area contributed by atoms with Gasteiger partial charge in [0.05, 0.1) is 0 Å². The molecule has 0 aliphatic rings. The van der Waals surface area contributed by atoms with E-state index < -0.39 is 23.6 Å². The number of carboxylic acids is 1. The van der Waals surface area contributed by atoms with E-state index in [1.807, 2.05) is 19.1 Å². The van der Waals surface area contributed by atoms with Gasteiger partial charge < -0.3 is 15.6 Å². The number of carboxylic acid groups (broad SMARTS) is 1. The Hall–Kier alpha value is -1.88. The van der Waals surface area contributed by atoms with E-state index in [9.17, 15) is 9.59 Å². The highest BCUT2D eigenvalue weighted by atomic mass is 16.6. The maximum Gasteiger partial charge on any atom is 0.328 e. The fourth-order valence-electron chi connectivity index (χ4n) is 2.04. The molecule has 0 heterocycles. The number of nitrogens with two attached hydrogens (primary N) is 1. The van der Waals surface area contributed by atoms with Gasteiger partial charge in [-0.2, -0.15) is 0 Å². The first-order chi connectivity index (χ1) is 10.1. The largest absolute Gasteiger partial charge is 0.481 e. The van der Waals surface area contributed by atoms with Gasteiger partial charge in [0.1, 0.15) is 11.6 Å². The van der Waals surface area contributed by atoms with Gasteiger partial charge in [-0.15, -0.1) is 0 Å². The summed E-state index contributed by atoms with van der Waals surface area (Å²) in [6.45, 7) is 7.37. The summed E-state index contributed by atoms with van der Waals surface area (Å²) in [6, 6.07) is 6.53. The van der Waals surface area contributed by atoms with Crippen LogP contribution < -0.4 is 5.73 Å². The van der Waals surface area contributed by atoms with E-state index in [1.54, 1.807) is 32.9 Å². The molecule has 0 aromatic heterocycles. The second kappa shape index (κ2) is 7.40. The van der Waals surface area contributed by atoms with Crippen LogP contribution in [0.25, 0.3) is 0 Å². The molecule has 0 bridgehead atoms. The molecule has 0 aliphatic heterocycles. The average molecular weight is 307 g/mol. The van der Waals surface area contributed by atoms with Crippen LogP contribution in [0.4, 0.5) is 0 Å². The number of benzene rings is 1. The molecule has 5 heteroatoms. The molecule has 0 saturated carbocycles. The van der Waals surface area contributed by atoms with Crippen molar-refractivity contribution in [1.82, 2.24) is 0 Å². The molecule has 2 unspecified atom stereocenters. The van der Waals surface area contributed by atoms with E-state index in [1.165, 1.54) is 0 Å². The number of ether oxygens (including phenoxy) is 1. The van der Waals surface area contributed by atoms with Crippen LogP contribution in [0.3, 0.4) is 0 Å². The van der Waals surface area contributed by atoms with Gasteiger partial charge >= 0.3 is 11.9 Å². The molecule has 1 rings (SSSR count). The Morgan fingerprint density at radius 1 is 1.18 bits per heavy atom. The first-order valence-corrected chi connectivity index (χ1v) is 7.40. The zero-order chi connectivity index (χ0) is 16.9. The third-order valence-corrected chi connectivity index (χ3v) is 3.32. The Labute approximate surface area is 131 Å². The molecular weight excluding hydrogens is 282 g/mol. The van der Waals surface area contributed by atoms with Gasteiger partial charge in [-0.05, 0) is 44.2 Å². The molecular formula is C17H25NO4. The number of carbonyl (C=O) groups is 2. The lowest BCUT2D eigenvalue weighted by atomic mass is 9.94. The molecule has 5 nitrogen and oxygen atoms in total. The van der Waals surface area contributed by atoms with Gasteiger partial charge in [0.15, 0.2) is 0 Å². The van der Waals surface area contributed by atoms with Gasteiger partial charge in [-0.3, -0.25) is 4.79 Å². The molecule has 0 amide bonds. The van der Waals surface area contributed by atoms with Crippen LogP contribution in [-0.4, -0.2) is 22.6 Å². The van der Waals surface area contributed by atoms with E-state index >= 15 is 0 Å². The van der Waals surface area contributed by atoms with Crippen molar-refractivity contribution < 1.29 is 19.4 Å². The highest BCUT2D eigenvalue weighted by Gasteiger charge is 2.23.